The predicted molar refractivity (Wildman–Crippen MR) is 103 cm³/mol. The second-order valence-electron chi connectivity index (χ2n) is 6.48. The van der Waals surface area contributed by atoms with Crippen molar-refractivity contribution in [3.63, 3.8) is 0 Å². The fourth-order valence-electron chi connectivity index (χ4n) is 3.27. The van der Waals surface area contributed by atoms with Crippen LogP contribution in [0.25, 0.3) is 11.1 Å². The number of benzene rings is 1. The van der Waals surface area contributed by atoms with E-state index in [2.05, 4.69) is 22.0 Å². The van der Waals surface area contributed by atoms with E-state index in [9.17, 15) is 4.79 Å². The van der Waals surface area contributed by atoms with Gasteiger partial charge in [0.05, 0.1) is 12.3 Å². The van der Waals surface area contributed by atoms with Gasteiger partial charge in [0.1, 0.15) is 5.75 Å². The second-order valence-corrected chi connectivity index (χ2v) is 6.48. The van der Waals surface area contributed by atoms with Crippen LogP contribution >= 0.6 is 12.4 Å². The van der Waals surface area contributed by atoms with E-state index in [1.165, 1.54) is 19.4 Å². The lowest BCUT2D eigenvalue weighted by atomic mass is 10.1. The number of likely N-dealkylation sites (tertiary alicyclic amines) is 1. The first-order chi connectivity index (χ1) is 11.6. The van der Waals surface area contributed by atoms with Gasteiger partial charge >= 0.3 is 0 Å². The van der Waals surface area contributed by atoms with E-state index in [0.717, 1.165) is 48.2 Å². The van der Waals surface area contributed by atoms with Crippen molar-refractivity contribution in [1.29, 1.82) is 0 Å². The Kier molecular flexibility index (Phi) is 7.02. The molecule has 6 heteroatoms. The summed E-state index contributed by atoms with van der Waals surface area (Å²) in [6.07, 6.45) is 3.68. The number of hydrogen-bond donors (Lipinski definition) is 1. The van der Waals surface area contributed by atoms with E-state index in [1.54, 1.807) is 6.07 Å². The molecule has 1 atom stereocenters. The summed E-state index contributed by atoms with van der Waals surface area (Å²) in [7, 11) is 0. The highest BCUT2D eigenvalue weighted by Gasteiger charge is 2.19. The molecule has 0 saturated carbocycles. The zero-order valence-corrected chi connectivity index (χ0v) is 15.6. The van der Waals surface area contributed by atoms with Gasteiger partial charge in [-0.3, -0.25) is 4.79 Å². The zero-order valence-electron chi connectivity index (χ0n) is 14.8. The van der Waals surface area contributed by atoms with Crippen molar-refractivity contribution in [2.45, 2.75) is 39.2 Å². The molecule has 3 rings (SSSR count). The van der Waals surface area contributed by atoms with Crippen LogP contribution < -0.4 is 10.3 Å². The number of hydrogen-bond acceptors (Lipinski definition) is 4. The maximum Gasteiger partial charge on any atom is 0.264 e. The predicted octanol–water partition coefficient (Wildman–Crippen LogP) is 3.42. The number of halogens is 1. The number of rotatable bonds is 6. The number of ether oxygens (including phenoxy) is 1. The van der Waals surface area contributed by atoms with Crippen molar-refractivity contribution >= 4 is 12.4 Å². The van der Waals surface area contributed by atoms with Crippen LogP contribution in [-0.2, 0) is 0 Å². The fourth-order valence-corrected chi connectivity index (χ4v) is 3.27. The molecule has 1 N–H and O–H groups in total. The molecular weight excluding hydrogens is 338 g/mol. The molecule has 1 aromatic carbocycles. The Morgan fingerprint density at radius 2 is 2.08 bits per heavy atom. The van der Waals surface area contributed by atoms with Gasteiger partial charge in [-0.2, -0.15) is 5.10 Å². The van der Waals surface area contributed by atoms with E-state index in [-0.39, 0.29) is 18.0 Å². The monoisotopic (exact) mass is 363 g/mol. The van der Waals surface area contributed by atoms with Gasteiger partial charge in [0.2, 0.25) is 0 Å². The molecule has 1 saturated heterocycles. The SMILES string of the molecule is Cc1n[nH]c(=O)cc1-c1ccc(OCCCN2CCC[C@H]2C)cc1.Cl. The van der Waals surface area contributed by atoms with Crippen molar-refractivity contribution in [2.24, 2.45) is 0 Å². The second kappa shape index (κ2) is 9.02. The van der Waals surface area contributed by atoms with E-state index in [1.807, 2.05) is 31.2 Å². The average Bonchev–Trinajstić information content (AvgIpc) is 3.00. The lowest BCUT2D eigenvalue weighted by Gasteiger charge is -2.20. The number of aromatic nitrogens is 2. The number of nitrogens with one attached hydrogen (secondary N) is 1. The first-order valence-electron chi connectivity index (χ1n) is 8.67. The first-order valence-corrected chi connectivity index (χ1v) is 8.67. The maximum absolute atomic E-state index is 11.4. The molecule has 0 spiro atoms. The van der Waals surface area contributed by atoms with Crippen LogP contribution in [-0.4, -0.2) is 40.8 Å². The van der Waals surface area contributed by atoms with E-state index in [4.69, 9.17) is 4.74 Å². The summed E-state index contributed by atoms with van der Waals surface area (Å²) in [5, 5.41) is 6.46. The largest absolute Gasteiger partial charge is 0.494 e. The molecule has 5 nitrogen and oxygen atoms in total. The van der Waals surface area contributed by atoms with Crippen LogP contribution in [0.5, 0.6) is 5.75 Å². The van der Waals surface area contributed by atoms with Crippen LogP contribution in [0.4, 0.5) is 0 Å². The number of nitrogens with zero attached hydrogens (tertiary/aromatic N) is 2. The highest BCUT2D eigenvalue weighted by atomic mass is 35.5. The van der Waals surface area contributed by atoms with E-state index >= 15 is 0 Å². The third kappa shape index (κ3) is 5.06. The maximum atomic E-state index is 11.4. The summed E-state index contributed by atoms with van der Waals surface area (Å²) >= 11 is 0. The molecule has 0 unspecified atom stereocenters. The first kappa shape index (κ1) is 19.5. The molecule has 0 bridgehead atoms. The average molecular weight is 364 g/mol. The number of aromatic amines is 1. The van der Waals surface area contributed by atoms with Crippen LogP contribution in [0.1, 0.15) is 31.9 Å². The highest BCUT2D eigenvalue weighted by molar-refractivity contribution is 5.85. The van der Waals surface area contributed by atoms with Gasteiger partial charge in [-0.1, -0.05) is 12.1 Å². The summed E-state index contributed by atoms with van der Waals surface area (Å²) in [4.78, 5) is 14.0. The molecule has 25 heavy (non-hydrogen) atoms. The van der Waals surface area contributed by atoms with Gasteiger partial charge in [0.15, 0.2) is 0 Å². The van der Waals surface area contributed by atoms with Crippen molar-refractivity contribution in [2.75, 3.05) is 19.7 Å². The third-order valence-corrected chi connectivity index (χ3v) is 4.71. The van der Waals surface area contributed by atoms with Crippen molar-refractivity contribution in [1.82, 2.24) is 15.1 Å². The summed E-state index contributed by atoms with van der Waals surface area (Å²) in [5.41, 5.74) is 2.45. The standard InChI is InChI=1S/C19H25N3O2.ClH/c1-14-5-3-10-22(14)11-4-12-24-17-8-6-16(7-9-17)18-13-19(23)21-20-15(18)2;/h6-9,13-14H,3-5,10-12H2,1-2H3,(H,21,23);1H/t14-;/m1./s1. The summed E-state index contributed by atoms with van der Waals surface area (Å²) in [6, 6.07) is 10.1. The van der Waals surface area contributed by atoms with Crippen molar-refractivity contribution in [3.05, 3.63) is 46.4 Å². The van der Waals surface area contributed by atoms with Crippen LogP contribution in [0.2, 0.25) is 0 Å². The molecule has 136 valence electrons. The number of aryl methyl sites for hydroxylation is 1. The lowest BCUT2D eigenvalue weighted by Crippen LogP contribution is -2.28. The molecular formula is C19H26ClN3O2. The Morgan fingerprint density at radius 3 is 2.76 bits per heavy atom. The molecule has 0 aliphatic carbocycles. The molecule has 2 aromatic rings. The summed E-state index contributed by atoms with van der Waals surface area (Å²) in [5.74, 6) is 0.865. The minimum atomic E-state index is -0.188. The smallest absolute Gasteiger partial charge is 0.264 e. The Balaban J connectivity index is 0.00000225. The zero-order chi connectivity index (χ0) is 16.9. The topological polar surface area (TPSA) is 58.2 Å². The van der Waals surface area contributed by atoms with Gasteiger partial charge in [-0.05, 0) is 57.4 Å². The highest BCUT2D eigenvalue weighted by Crippen LogP contribution is 2.23. The molecule has 1 aromatic heterocycles. The van der Waals surface area contributed by atoms with Gasteiger partial charge in [0.25, 0.3) is 5.56 Å². The molecule has 0 amide bonds. The summed E-state index contributed by atoms with van der Waals surface area (Å²) < 4.78 is 5.84. The minimum absolute atomic E-state index is 0. The number of H-pyrrole nitrogens is 1. The van der Waals surface area contributed by atoms with E-state index < -0.39 is 0 Å². The van der Waals surface area contributed by atoms with Crippen molar-refractivity contribution < 1.29 is 4.74 Å². The van der Waals surface area contributed by atoms with Crippen molar-refractivity contribution in [3.8, 4) is 16.9 Å². The Hall–Kier alpha value is -1.85. The Labute approximate surface area is 154 Å². The minimum Gasteiger partial charge on any atom is -0.494 e. The molecule has 0 radical (unpaired) electrons. The van der Waals surface area contributed by atoms with Crippen LogP contribution in [0.3, 0.4) is 0 Å². The van der Waals surface area contributed by atoms with Gasteiger partial charge in [0, 0.05) is 24.2 Å². The van der Waals surface area contributed by atoms with Crippen LogP contribution in [0, 0.1) is 6.92 Å². The van der Waals surface area contributed by atoms with Gasteiger partial charge in [-0.25, -0.2) is 5.10 Å². The van der Waals surface area contributed by atoms with Gasteiger partial charge < -0.3 is 9.64 Å². The van der Waals surface area contributed by atoms with Gasteiger partial charge in [-0.15, -0.1) is 12.4 Å². The molecule has 2 heterocycles. The Bertz CT molecular complexity index is 730. The normalized spacial score (nSPS) is 17.3. The fraction of sp³-hybridized carbons (Fsp3) is 0.474. The molecule has 1 fully saturated rings. The third-order valence-electron chi connectivity index (χ3n) is 4.71. The Morgan fingerprint density at radius 1 is 1.32 bits per heavy atom. The quantitative estimate of drug-likeness (QED) is 0.799. The van der Waals surface area contributed by atoms with E-state index in [0.29, 0.717) is 0 Å². The van der Waals surface area contributed by atoms with Crippen LogP contribution in [0.15, 0.2) is 35.1 Å². The molecule has 1 aliphatic rings. The summed E-state index contributed by atoms with van der Waals surface area (Å²) in [6.45, 7) is 7.25. The lowest BCUT2D eigenvalue weighted by molar-refractivity contribution is 0.230. The molecule has 1 aliphatic heterocycles.